The highest BCUT2D eigenvalue weighted by Crippen LogP contribution is 2.30. The maximum absolute atomic E-state index is 12.1. The van der Waals surface area contributed by atoms with Crippen LogP contribution in [0.15, 0.2) is 48.5 Å². The van der Waals surface area contributed by atoms with Crippen LogP contribution in [0.3, 0.4) is 0 Å². The Kier molecular flexibility index (Phi) is 3.65. The average molecular weight is 297 g/mol. The zero-order valence-electron chi connectivity index (χ0n) is 11.8. The Balaban J connectivity index is 1.65. The number of nitrogens with zero attached hydrogens (tertiary/aromatic N) is 1. The molecule has 2 aromatic rings. The number of carbonyl (C=O) groups excluding carboxylic acids is 2. The molecule has 2 aromatic carbocycles. The van der Waals surface area contributed by atoms with Gasteiger partial charge in [0.15, 0.2) is 0 Å². The Bertz CT molecular complexity index is 716. The maximum atomic E-state index is 12.1. The topological polar surface area (TPSA) is 84.7 Å². The fourth-order valence-corrected chi connectivity index (χ4v) is 2.38. The van der Waals surface area contributed by atoms with Crippen LogP contribution in [0.4, 0.5) is 16.2 Å². The number of hydrogen-bond donors (Lipinski definition) is 2. The lowest BCUT2D eigenvalue weighted by Crippen LogP contribution is -2.36. The predicted octanol–water partition coefficient (Wildman–Crippen LogP) is 2.11. The van der Waals surface area contributed by atoms with E-state index in [1.54, 1.807) is 42.5 Å². The first-order valence-electron chi connectivity index (χ1n) is 6.87. The third kappa shape index (κ3) is 2.71. The van der Waals surface area contributed by atoms with Gasteiger partial charge in [-0.2, -0.15) is 5.48 Å². The molecule has 0 aliphatic carbocycles. The fourth-order valence-electron chi connectivity index (χ4n) is 2.38. The Morgan fingerprint density at radius 3 is 2.68 bits per heavy atom. The molecule has 112 valence electrons. The smallest absolute Gasteiger partial charge is 0.399 e. The maximum Gasteiger partial charge on any atom is 0.438 e. The SMILES string of the molecule is Nc1ccc2c(c1)N(C(=O)ONC(=O)c1ccccc1)CC2. The second-order valence-electron chi connectivity index (χ2n) is 4.95. The largest absolute Gasteiger partial charge is 0.438 e. The lowest BCUT2D eigenvalue weighted by Gasteiger charge is -2.16. The van der Waals surface area contributed by atoms with Gasteiger partial charge in [0.25, 0.3) is 5.91 Å². The van der Waals surface area contributed by atoms with Crippen molar-refractivity contribution >= 4 is 23.4 Å². The second kappa shape index (κ2) is 5.77. The molecule has 1 heterocycles. The van der Waals surface area contributed by atoms with Crippen LogP contribution in [0, 0.1) is 0 Å². The number of nitrogens with two attached hydrogens (primary N) is 1. The predicted molar refractivity (Wildman–Crippen MR) is 82.3 cm³/mol. The molecule has 0 spiro atoms. The molecule has 2 amide bonds. The van der Waals surface area contributed by atoms with Crippen LogP contribution in [0.1, 0.15) is 15.9 Å². The number of anilines is 2. The van der Waals surface area contributed by atoms with Gasteiger partial charge in [-0.15, -0.1) is 0 Å². The molecule has 1 aliphatic heterocycles. The van der Waals surface area contributed by atoms with Gasteiger partial charge in [0, 0.05) is 17.8 Å². The summed E-state index contributed by atoms with van der Waals surface area (Å²) >= 11 is 0. The number of rotatable bonds is 1. The molecule has 22 heavy (non-hydrogen) atoms. The molecule has 3 N–H and O–H groups in total. The second-order valence-corrected chi connectivity index (χ2v) is 4.95. The Labute approximate surface area is 127 Å². The Hall–Kier alpha value is -3.02. The molecule has 3 rings (SSSR count). The highest BCUT2D eigenvalue weighted by Gasteiger charge is 2.26. The number of hydrogen-bond acceptors (Lipinski definition) is 4. The van der Waals surface area contributed by atoms with Crippen LogP contribution in [-0.2, 0) is 11.3 Å². The van der Waals surface area contributed by atoms with E-state index in [2.05, 4.69) is 5.48 Å². The fraction of sp³-hybridized carbons (Fsp3) is 0.125. The molecule has 0 unspecified atom stereocenters. The van der Waals surface area contributed by atoms with Crippen molar-refractivity contribution in [3.63, 3.8) is 0 Å². The van der Waals surface area contributed by atoms with Crippen molar-refractivity contribution in [2.24, 2.45) is 0 Å². The van der Waals surface area contributed by atoms with Crippen molar-refractivity contribution in [2.75, 3.05) is 17.2 Å². The van der Waals surface area contributed by atoms with Crippen molar-refractivity contribution in [3.8, 4) is 0 Å². The van der Waals surface area contributed by atoms with Gasteiger partial charge in [0.2, 0.25) is 0 Å². The van der Waals surface area contributed by atoms with Crippen LogP contribution in [0.5, 0.6) is 0 Å². The normalized spacial score (nSPS) is 12.6. The summed E-state index contributed by atoms with van der Waals surface area (Å²) in [5.74, 6) is -0.471. The van der Waals surface area contributed by atoms with Gasteiger partial charge >= 0.3 is 6.09 Å². The molecule has 6 nitrogen and oxygen atoms in total. The molecular formula is C16H15N3O3. The number of carbonyl (C=O) groups is 2. The lowest BCUT2D eigenvalue weighted by molar-refractivity contribution is 0.0596. The first-order valence-corrected chi connectivity index (χ1v) is 6.87. The van der Waals surface area contributed by atoms with Crippen molar-refractivity contribution in [3.05, 3.63) is 59.7 Å². The van der Waals surface area contributed by atoms with Crippen LogP contribution >= 0.6 is 0 Å². The number of amides is 2. The van der Waals surface area contributed by atoms with Crippen molar-refractivity contribution in [1.29, 1.82) is 0 Å². The minimum Gasteiger partial charge on any atom is -0.399 e. The van der Waals surface area contributed by atoms with E-state index in [1.165, 1.54) is 4.90 Å². The van der Waals surface area contributed by atoms with Gasteiger partial charge in [-0.1, -0.05) is 24.3 Å². The first-order chi connectivity index (χ1) is 10.6. The molecule has 1 aliphatic rings. The zero-order chi connectivity index (χ0) is 15.5. The molecule has 0 atom stereocenters. The number of nitrogen functional groups attached to an aromatic ring is 1. The minimum absolute atomic E-state index is 0.418. The van der Waals surface area contributed by atoms with Crippen LogP contribution in [-0.4, -0.2) is 18.5 Å². The number of benzene rings is 2. The van der Waals surface area contributed by atoms with Crippen LogP contribution in [0.2, 0.25) is 0 Å². The van der Waals surface area contributed by atoms with Crippen molar-refractivity contribution < 1.29 is 14.4 Å². The van der Waals surface area contributed by atoms with E-state index in [0.29, 0.717) is 17.8 Å². The van der Waals surface area contributed by atoms with Crippen molar-refractivity contribution in [2.45, 2.75) is 6.42 Å². The molecule has 0 radical (unpaired) electrons. The van der Waals surface area contributed by atoms with E-state index >= 15 is 0 Å². The van der Waals surface area contributed by atoms with E-state index < -0.39 is 12.0 Å². The number of hydroxylamine groups is 1. The monoisotopic (exact) mass is 297 g/mol. The van der Waals surface area contributed by atoms with E-state index in [9.17, 15) is 9.59 Å². The Morgan fingerprint density at radius 1 is 1.14 bits per heavy atom. The van der Waals surface area contributed by atoms with Gasteiger partial charge in [0.1, 0.15) is 0 Å². The average Bonchev–Trinajstić information content (AvgIpc) is 2.96. The molecule has 0 bridgehead atoms. The molecular weight excluding hydrogens is 282 g/mol. The van der Waals surface area contributed by atoms with Gasteiger partial charge in [-0.05, 0) is 36.2 Å². The number of nitrogens with one attached hydrogen (secondary N) is 1. The summed E-state index contributed by atoms with van der Waals surface area (Å²) in [5.41, 5.74) is 10.6. The highest BCUT2D eigenvalue weighted by atomic mass is 16.7. The van der Waals surface area contributed by atoms with Gasteiger partial charge in [-0.25, -0.2) is 4.79 Å². The quantitative estimate of drug-likeness (QED) is 0.623. The third-order valence-electron chi connectivity index (χ3n) is 3.49. The van der Waals surface area contributed by atoms with E-state index in [4.69, 9.17) is 10.6 Å². The summed E-state index contributed by atoms with van der Waals surface area (Å²) in [6.45, 7) is 0.499. The summed E-state index contributed by atoms with van der Waals surface area (Å²) in [4.78, 5) is 30.3. The Morgan fingerprint density at radius 2 is 1.91 bits per heavy atom. The summed E-state index contributed by atoms with van der Waals surface area (Å²) in [7, 11) is 0. The standard InChI is InChI=1S/C16H15N3O3/c17-13-7-6-11-8-9-19(14(11)10-13)16(21)22-18-15(20)12-4-2-1-3-5-12/h1-7,10H,8-9,17H2,(H,18,20). The van der Waals surface area contributed by atoms with Gasteiger partial charge in [-0.3, -0.25) is 9.69 Å². The highest BCUT2D eigenvalue weighted by molar-refractivity contribution is 5.96. The third-order valence-corrected chi connectivity index (χ3v) is 3.49. The van der Waals surface area contributed by atoms with Gasteiger partial charge < -0.3 is 10.6 Å². The lowest BCUT2D eigenvalue weighted by atomic mass is 10.1. The minimum atomic E-state index is -0.631. The summed E-state index contributed by atoms with van der Waals surface area (Å²) in [6.07, 6.45) is 0.103. The summed E-state index contributed by atoms with van der Waals surface area (Å²) < 4.78 is 0. The molecule has 0 saturated heterocycles. The first kappa shape index (κ1) is 13.9. The van der Waals surface area contributed by atoms with E-state index in [-0.39, 0.29) is 0 Å². The van der Waals surface area contributed by atoms with Crippen molar-refractivity contribution in [1.82, 2.24) is 5.48 Å². The summed E-state index contributed by atoms with van der Waals surface area (Å²) in [5, 5.41) is 0. The molecule has 0 aromatic heterocycles. The van der Waals surface area contributed by atoms with E-state index in [0.717, 1.165) is 17.7 Å². The molecule has 0 saturated carbocycles. The van der Waals surface area contributed by atoms with Crippen LogP contribution in [0.25, 0.3) is 0 Å². The van der Waals surface area contributed by atoms with Gasteiger partial charge in [0.05, 0.1) is 5.69 Å². The summed E-state index contributed by atoms with van der Waals surface area (Å²) in [6, 6.07) is 13.9. The number of fused-ring (bicyclic) bond motifs is 1. The van der Waals surface area contributed by atoms with E-state index in [1.807, 2.05) is 6.07 Å². The molecule has 0 fully saturated rings. The zero-order valence-corrected chi connectivity index (χ0v) is 11.8. The molecule has 6 heteroatoms. The van der Waals surface area contributed by atoms with Crippen LogP contribution < -0.4 is 16.1 Å².